The molecule has 0 spiro atoms. The van der Waals surface area contributed by atoms with E-state index in [1.807, 2.05) is 0 Å². The van der Waals surface area contributed by atoms with Crippen LogP contribution in [0.25, 0.3) is 11.3 Å². The third-order valence-corrected chi connectivity index (χ3v) is 2.53. The number of nitrogens with zero attached hydrogens (tertiary/aromatic N) is 1. The molecule has 0 bridgehead atoms. The average molecular weight is 282 g/mol. The zero-order valence-corrected chi connectivity index (χ0v) is 9.70. The van der Waals surface area contributed by atoms with Crippen LogP contribution in [0.15, 0.2) is 36.4 Å². The number of pyridine rings is 1. The molecule has 7 heteroatoms. The number of benzene rings is 1. The van der Waals surface area contributed by atoms with Crippen molar-refractivity contribution in [2.24, 2.45) is 0 Å². The summed E-state index contributed by atoms with van der Waals surface area (Å²) in [5.41, 5.74) is 5.78. The molecule has 2 aromatic rings. The summed E-state index contributed by atoms with van der Waals surface area (Å²) < 4.78 is 0. The molecule has 0 saturated carbocycles. The molecule has 0 radical (unpaired) electrons. The molecule has 0 aliphatic heterocycles. The van der Waals surface area contributed by atoms with Crippen LogP contribution < -0.4 is 5.73 Å². The quantitative estimate of drug-likeness (QED) is 0.726. The first-order valence-corrected chi connectivity index (χ1v) is 5.33. The minimum absolute atomic E-state index is 0. The first-order chi connectivity index (χ1) is 9.00. The topological polar surface area (TPSA) is 114 Å². The second-order valence-corrected chi connectivity index (χ2v) is 3.80. The van der Waals surface area contributed by atoms with Gasteiger partial charge in [-0.3, -0.25) is 0 Å². The average Bonchev–Trinajstić information content (AvgIpc) is 2.39. The summed E-state index contributed by atoms with van der Waals surface area (Å²) in [6, 6.07) is 9.84. The van der Waals surface area contributed by atoms with Gasteiger partial charge in [-0.2, -0.15) is 0 Å². The number of carboxylic acids is 2. The summed E-state index contributed by atoms with van der Waals surface area (Å²) >= 11 is 0. The van der Waals surface area contributed by atoms with E-state index in [9.17, 15) is 9.59 Å². The van der Waals surface area contributed by atoms with Crippen LogP contribution in [0.5, 0.6) is 0 Å². The molecule has 98 valence electrons. The van der Waals surface area contributed by atoms with Gasteiger partial charge in [-0.25, -0.2) is 14.6 Å². The summed E-state index contributed by atoms with van der Waals surface area (Å²) in [4.78, 5) is 25.9. The van der Waals surface area contributed by atoms with Crippen molar-refractivity contribution in [3.8, 4) is 11.3 Å². The first-order valence-electron chi connectivity index (χ1n) is 5.33. The Morgan fingerprint density at radius 2 is 1.65 bits per heavy atom. The van der Waals surface area contributed by atoms with Gasteiger partial charge in [0.25, 0.3) is 0 Å². The Morgan fingerprint density at radius 1 is 1.05 bits per heavy atom. The molecule has 0 amide bonds. The molecule has 20 heavy (non-hydrogen) atoms. The summed E-state index contributed by atoms with van der Waals surface area (Å²) in [6.07, 6.45) is 0. The fraction of sp³-hybridized carbons (Fsp3) is 0. The zero-order chi connectivity index (χ0) is 14.0. The van der Waals surface area contributed by atoms with Crippen molar-refractivity contribution in [3.63, 3.8) is 0 Å². The first kappa shape index (κ1) is 16.2. The van der Waals surface area contributed by atoms with E-state index in [1.165, 1.54) is 0 Å². The van der Waals surface area contributed by atoms with E-state index < -0.39 is 23.2 Å². The molecular weight excluding hydrogens is 271 g/mol. The predicted molar refractivity (Wildman–Crippen MR) is 75.2 cm³/mol. The van der Waals surface area contributed by atoms with Crippen LogP contribution in [0.2, 0.25) is 0 Å². The molecule has 6 nitrogen and oxygen atoms in total. The maximum absolute atomic E-state index is 11.1. The number of carbonyl (C=O) groups is 2. The number of anilines is 1. The number of aromatic nitrogens is 1. The van der Waals surface area contributed by atoms with E-state index in [2.05, 4.69) is 4.98 Å². The van der Waals surface area contributed by atoms with Crippen molar-refractivity contribution in [2.75, 3.05) is 5.73 Å². The van der Waals surface area contributed by atoms with Gasteiger partial charge in [-0.15, -0.1) is 0 Å². The SMILES string of the molecule is Nc1cc(C(=O)O)c(C(=O)O)nc1-c1ccccc1.[NaH]. The number of nitrogen functional groups attached to an aromatic ring is 1. The Kier molecular flexibility index (Phi) is 5.26. The van der Waals surface area contributed by atoms with Crippen LogP contribution in [0.3, 0.4) is 0 Å². The van der Waals surface area contributed by atoms with Gasteiger partial charge in [0.05, 0.1) is 16.9 Å². The minimum atomic E-state index is -1.41. The second kappa shape index (κ2) is 6.51. The molecule has 0 aliphatic carbocycles. The second-order valence-electron chi connectivity index (χ2n) is 3.80. The van der Waals surface area contributed by atoms with Gasteiger partial charge in [0.1, 0.15) is 0 Å². The van der Waals surface area contributed by atoms with Crippen LogP contribution in [0.4, 0.5) is 5.69 Å². The Hall–Kier alpha value is -1.89. The van der Waals surface area contributed by atoms with Crippen LogP contribution in [0, 0.1) is 0 Å². The number of rotatable bonds is 3. The van der Waals surface area contributed by atoms with Gasteiger partial charge < -0.3 is 15.9 Å². The van der Waals surface area contributed by atoms with Gasteiger partial charge in [-0.1, -0.05) is 30.3 Å². The number of hydrogen-bond donors (Lipinski definition) is 3. The molecule has 0 aliphatic rings. The van der Waals surface area contributed by atoms with E-state index >= 15 is 0 Å². The fourth-order valence-corrected chi connectivity index (χ4v) is 1.68. The van der Waals surface area contributed by atoms with Crippen LogP contribution in [-0.4, -0.2) is 56.7 Å². The number of hydrogen-bond acceptors (Lipinski definition) is 4. The van der Waals surface area contributed by atoms with Gasteiger partial charge in [0.15, 0.2) is 5.69 Å². The normalized spacial score (nSPS) is 9.60. The molecule has 1 aromatic heterocycles. The predicted octanol–water partition coefficient (Wildman–Crippen LogP) is 1.08. The summed E-state index contributed by atoms with van der Waals surface area (Å²) in [5.74, 6) is -2.79. The standard InChI is InChI=1S/C13H10N2O4.Na.H/c14-9-6-8(12(16)17)11(13(18)19)15-10(9)7-4-2-1-3-5-7;;/h1-6H,14H2,(H,16,17)(H,18,19);;. The molecule has 0 unspecified atom stereocenters. The van der Waals surface area contributed by atoms with Crippen molar-refractivity contribution in [1.82, 2.24) is 4.98 Å². The van der Waals surface area contributed by atoms with Gasteiger partial charge in [-0.05, 0) is 6.07 Å². The molecule has 1 aromatic carbocycles. The van der Waals surface area contributed by atoms with Crippen molar-refractivity contribution < 1.29 is 19.8 Å². The van der Waals surface area contributed by atoms with Crippen LogP contribution in [0.1, 0.15) is 20.8 Å². The van der Waals surface area contributed by atoms with E-state index in [0.717, 1.165) is 6.07 Å². The van der Waals surface area contributed by atoms with E-state index in [4.69, 9.17) is 15.9 Å². The summed E-state index contributed by atoms with van der Waals surface area (Å²) in [5, 5.41) is 18.0. The van der Waals surface area contributed by atoms with E-state index in [-0.39, 0.29) is 40.9 Å². The van der Waals surface area contributed by atoms with E-state index in [1.54, 1.807) is 30.3 Å². The summed E-state index contributed by atoms with van der Waals surface area (Å²) in [7, 11) is 0. The molecule has 2 rings (SSSR count). The Balaban J connectivity index is 0.00000200. The third kappa shape index (κ3) is 3.16. The van der Waals surface area contributed by atoms with Gasteiger partial charge in [0, 0.05) is 5.56 Å². The van der Waals surface area contributed by atoms with Gasteiger partial charge >= 0.3 is 41.5 Å². The molecular formula is C13H11N2NaO4. The summed E-state index contributed by atoms with van der Waals surface area (Å²) in [6.45, 7) is 0. The van der Waals surface area contributed by atoms with E-state index in [0.29, 0.717) is 5.56 Å². The maximum atomic E-state index is 11.1. The number of carboxylic acid groups (broad SMARTS) is 2. The van der Waals surface area contributed by atoms with Crippen molar-refractivity contribution in [1.29, 1.82) is 0 Å². The zero-order valence-electron chi connectivity index (χ0n) is 9.70. The van der Waals surface area contributed by atoms with Crippen LogP contribution >= 0.6 is 0 Å². The van der Waals surface area contributed by atoms with Crippen LogP contribution in [-0.2, 0) is 0 Å². The third-order valence-electron chi connectivity index (χ3n) is 2.53. The molecule has 0 atom stereocenters. The molecule has 0 fully saturated rings. The Morgan fingerprint density at radius 3 is 2.15 bits per heavy atom. The molecule has 1 heterocycles. The number of aromatic carboxylic acids is 2. The molecule has 4 N–H and O–H groups in total. The Labute approximate surface area is 136 Å². The van der Waals surface area contributed by atoms with Crippen molar-refractivity contribution in [2.45, 2.75) is 0 Å². The fourth-order valence-electron chi connectivity index (χ4n) is 1.68. The van der Waals surface area contributed by atoms with Gasteiger partial charge in [0.2, 0.25) is 0 Å². The van der Waals surface area contributed by atoms with Crippen molar-refractivity contribution in [3.05, 3.63) is 47.7 Å². The number of nitrogens with two attached hydrogens (primary N) is 1. The molecule has 0 saturated heterocycles. The Bertz CT molecular complexity index is 659. The van der Waals surface area contributed by atoms with Crippen molar-refractivity contribution >= 4 is 47.2 Å². The monoisotopic (exact) mass is 282 g/mol.